The molecule has 1 N–H and O–H groups in total. The van der Waals surface area contributed by atoms with Gasteiger partial charge in [-0.05, 0) is 42.3 Å². The molecule has 1 aromatic heterocycles. The number of piperazine rings is 1. The second-order valence-electron chi connectivity index (χ2n) is 7.16. The average molecular weight is 380 g/mol. The minimum absolute atomic E-state index is 0.212. The highest BCUT2D eigenvalue weighted by Gasteiger charge is 2.20. The first-order chi connectivity index (χ1) is 13.5. The molecule has 6 nitrogen and oxygen atoms in total. The summed E-state index contributed by atoms with van der Waals surface area (Å²) in [6, 6.07) is 13.0. The normalized spacial score (nSPS) is 15.1. The fraction of sp³-hybridized carbons (Fsp3) is 0.318. The zero-order chi connectivity index (χ0) is 19.7. The quantitative estimate of drug-likeness (QED) is 0.702. The van der Waals surface area contributed by atoms with Crippen molar-refractivity contribution in [1.29, 1.82) is 0 Å². The van der Waals surface area contributed by atoms with Gasteiger partial charge in [-0.2, -0.15) is 0 Å². The summed E-state index contributed by atoms with van der Waals surface area (Å²) in [5.41, 5.74) is 2.84. The molecule has 1 aliphatic rings. The molecule has 0 aliphatic carbocycles. The van der Waals surface area contributed by atoms with Crippen molar-refractivity contribution in [3.05, 3.63) is 64.0 Å². The molecule has 0 saturated carbocycles. The molecule has 3 aromatic rings. The van der Waals surface area contributed by atoms with Crippen LogP contribution >= 0.6 is 0 Å². The number of aromatic hydroxyl groups is 1. The highest BCUT2D eigenvalue weighted by atomic mass is 16.5. The number of aryl methyl sites for hydroxylation is 1. The fourth-order valence-corrected chi connectivity index (χ4v) is 3.77. The molecule has 0 bridgehead atoms. The van der Waals surface area contributed by atoms with Crippen LogP contribution in [-0.4, -0.2) is 43.3 Å². The largest absolute Gasteiger partial charge is 0.508 e. The lowest BCUT2D eigenvalue weighted by molar-refractivity contribution is 0.249. The number of para-hydroxylation sites is 2. The number of nitrogens with zero attached hydrogens (tertiary/aromatic N) is 2. The summed E-state index contributed by atoms with van der Waals surface area (Å²) in [6.07, 6.45) is 0. The summed E-state index contributed by atoms with van der Waals surface area (Å²) >= 11 is 0. The van der Waals surface area contributed by atoms with E-state index < -0.39 is 0 Å². The lowest BCUT2D eigenvalue weighted by Crippen LogP contribution is -2.46. The van der Waals surface area contributed by atoms with Crippen LogP contribution in [0.2, 0.25) is 0 Å². The Morgan fingerprint density at radius 1 is 1.11 bits per heavy atom. The van der Waals surface area contributed by atoms with Crippen molar-refractivity contribution in [1.82, 2.24) is 4.90 Å². The number of phenols is 1. The maximum absolute atomic E-state index is 12.0. The van der Waals surface area contributed by atoms with Gasteiger partial charge < -0.3 is 19.2 Å². The Balaban J connectivity index is 1.52. The van der Waals surface area contributed by atoms with E-state index in [4.69, 9.17) is 9.15 Å². The minimum Gasteiger partial charge on any atom is -0.508 e. The number of anilines is 1. The Hall–Kier alpha value is -2.99. The van der Waals surface area contributed by atoms with E-state index in [0.29, 0.717) is 17.7 Å². The van der Waals surface area contributed by atoms with Crippen molar-refractivity contribution in [3.8, 4) is 11.5 Å². The Labute approximate surface area is 163 Å². The third-order valence-electron chi connectivity index (χ3n) is 5.34. The molecule has 0 spiro atoms. The zero-order valence-electron chi connectivity index (χ0n) is 16.1. The Morgan fingerprint density at radius 2 is 1.86 bits per heavy atom. The van der Waals surface area contributed by atoms with E-state index in [1.165, 1.54) is 6.07 Å². The van der Waals surface area contributed by atoms with Gasteiger partial charge in [-0.25, -0.2) is 4.79 Å². The molecule has 28 heavy (non-hydrogen) atoms. The first kappa shape index (κ1) is 18.4. The van der Waals surface area contributed by atoms with Crippen LogP contribution in [-0.2, 0) is 6.54 Å². The van der Waals surface area contributed by atoms with Gasteiger partial charge >= 0.3 is 5.63 Å². The van der Waals surface area contributed by atoms with Gasteiger partial charge in [-0.1, -0.05) is 12.1 Å². The van der Waals surface area contributed by atoms with Crippen LogP contribution in [0.25, 0.3) is 11.0 Å². The van der Waals surface area contributed by atoms with E-state index in [9.17, 15) is 9.90 Å². The number of methoxy groups -OCH3 is 1. The number of rotatable bonds is 4. The second kappa shape index (κ2) is 7.56. The van der Waals surface area contributed by atoms with E-state index in [0.717, 1.165) is 48.6 Å². The Bertz CT molecular complexity index is 1050. The molecule has 4 rings (SSSR count). The number of hydrogen-bond donors (Lipinski definition) is 1. The molecule has 2 heterocycles. The highest BCUT2D eigenvalue weighted by molar-refractivity contribution is 5.82. The third kappa shape index (κ3) is 3.55. The second-order valence-corrected chi connectivity index (χ2v) is 7.16. The number of benzene rings is 2. The molecule has 1 aliphatic heterocycles. The molecule has 2 aromatic carbocycles. The van der Waals surface area contributed by atoms with Gasteiger partial charge in [0, 0.05) is 44.2 Å². The molecule has 0 atom stereocenters. The molecule has 0 amide bonds. The standard InChI is InChI=1S/C22H24N2O4/c1-15-11-21-17(13-19(15)25)16(12-22(26)28-21)14-23-7-9-24(10-8-23)18-5-3-4-6-20(18)27-2/h3-6,11-13,25H,7-10,14H2,1-2H3. The van der Waals surface area contributed by atoms with Crippen molar-refractivity contribution in [3.63, 3.8) is 0 Å². The molecular formula is C22H24N2O4. The maximum Gasteiger partial charge on any atom is 0.336 e. The summed E-state index contributed by atoms with van der Waals surface area (Å²) in [6.45, 7) is 5.94. The number of fused-ring (bicyclic) bond motifs is 1. The number of hydrogen-bond acceptors (Lipinski definition) is 6. The first-order valence-corrected chi connectivity index (χ1v) is 9.42. The van der Waals surface area contributed by atoms with E-state index in [-0.39, 0.29) is 11.4 Å². The van der Waals surface area contributed by atoms with Gasteiger partial charge in [0.15, 0.2) is 0 Å². The molecule has 6 heteroatoms. The minimum atomic E-state index is -0.361. The molecule has 1 fully saturated rings. The van der Waals surface area contributed by atoms with Crippen LogP contribution in [0.1, 0.15) is 11.1 Å². The SMILES string of the molecule is COc1ccccc1N1CCN(Cc2cc(=O)oc3cc(C)c(O)cc23)CC1. The Morgan fingerprint density at radius 3 is 2.61 bits per heavy atom. The lowest BCUT2D eigenvalue weighted by atomic mass is 10.1. The van der Waals surface area contributed by atoms with Gasteiger partial charge in [0.1, 0.15) is 17.1 Å². The van der Waals surface area contributed by atoms with Crippen molar-refractivity contribution >= 4 is 16.7 Å². The fourth-order valence-electron chi connectivity index (χ4n) is 3.77. The van der Waals surface area contributed by atoms with Crippen LogP contribution in [0.3, 0.4) is 0 Å². The summed E-state index contributed by atoms with van der Waals surface area (Å²) in [5.74, 6) is 1.09. The molecule has 146 valence electrons. The highest BCUT2D eigenvalue weighted by Crippen LogP contribution is 2.30. The van der Waals surface area contributed by atoms with Crippen molar-refractivity contribution < 1.29 is 14.3 Å². The first-order valence-electron chi connectivity index (χ1n) is 9.42. The van der Waals surface area contributed by atoms with Crippen LogP contribution < -0.4 is 15.3 Å². The molecule has 0 radical (unpaired) electrons. The van der Waals surface area contributed by atoms with Crippen LogP contribution in [0.5, 0.6) is 11.5 Å². The molecule has 1 saturated heterocycles. The van der Waals surface area contributed by atoms with E-state index in [1.807, 2.05) is 18.2 Å². The van der Waals surface area contributed by atoms with Crippen LogP contribution in [0, 0.1) is 6.92 Å². The number of phenolic OH excluding ortho intramolecular Hbond substituents is 1. The van der Waals surface area contributed by atoms with Crippen molar-refractivity contribution in [2.24, 2.45) is 0 Å². The van der Waals surface area contributed by atoms with Crippen LogP contribution in [0.15, 0.2) is 51.7 Å². The zero-order valence-corrected chi connectivity index (χ0v) is 16.1. The summed E-state index contributed by atoms with van der Waals surface area (Å²) in [7, 11) is 1.69. The van der Waals surface area contributed by atoms with Crippen molar-refractivity contribution in [2.75, 3.05) is 38.2 Å². The maximum atomic E-state index is 12.0. The van der Waals surface area contributed by atoms with Gasteiger partial charge in [-0.3, -0.25) is 4.90 Å². The predicted octanol–water partition coefficient (Wildman–Crippen LogP) is 3.14. The van der Waals surface area contributed by atoms with E-state index >= 15 is 0 Å². The predicted molar refractivity (Wildman–Crippen MR) is 109 cm³/mol. The molecular weight excluding hydrogens is 356 g/mol. The lowest BCUT2D eigenvalue weighted by Gasteiger charge is -2.36. The average Bonchev–Trinajstić information content (AvgIpc) is 2.70. The number of ether oxygens (including phenoxy) is 1. The van der Waals surface area contributed by atoms with E-state index in [2.05, 4.69) is 15.9 Å². The topological polar surface area (TPSA) is 66.2 Å². The summed E-state index contributed by atoms with van der Waals surface area (Å²) in [5, 5.41) is 10.9. The van der Waals surface area contributed by atoms with Gasteiger partial charge in [0.25, 0.3) is 0 Å². The van der Waals surface area contributed by atoms with Crippen LogP contribution in [0.4, 0.5) is 5.69 Å². The third-order valence-corrected chi connectivity index (χ3v) is 5.34. The summed E-state index contributed by atoms with van der Waals surface area (Å²) in [4.78, 5) is 16.6. The summed E-state index contributed by atoms with van der Waals surface area (Å²) < 4.78 is 10.8. The monoisotopic (exact) mass is 380 g/mol. The Kier molecular flexibility index (Phi) is 4.96. The van der Waals surface area contributed by atoms with Gasteiger partial charge in [-0.15, -0.1) is 0 Å². The van der Waals surface area contributed by atoms with E-state index in [1.54, 1.807) is 26.2 Å². The smallest absolute Gasteiger partial charge is 0.336 e. The molecule has 0 unspecified atom stereocenters. The van der Waals surface area contributed by atoms with Gasteiger partial charge in [0.2, 0.25) is 0 Å². The van der Waals surface area contributed by atoms with Crippen molar-refractivity contribution in [2.45, 2.75) is 13.5 Å². The van der Waals surface area contributed by atoms with Gasteiger partial charge in [0.05, 0.1) is 12.8 Å².